The first-order valence-electron chi connectivity index (χ1n) is 6.81. The van der Waals surface area contributed by atoms with E-state index in [-0.39, 0.29) is 6.42 Å². The zero-order valence-corrected chi connectivity index (χ0v) is 13.2. The van der Waals surface area contributed by atoms with Gasteiger partial charge in [0, 0.05) is 17.7 Å². The van der Waals surface area contributed by atoms with Gasteiger partial charge in [-0.15, -0.1) is 24.1 Å². The molecule has 0 unspecified atom stereocenters. The molecule has 0 aromatic rings. The molecule has 0 fully saturated rings. The highest BCUT2D eigenvalue weighted by atomic mass is 32.2. The highest BCUT2D eigenvalue weighted by Gasteiger charge is 2.01. The summed E-state index contributed by atoms with van der Waals surface area (Å²) in [6.45, 7) is 1.94. The van der Waals surface area contributed by atoms with Crippen LogP contribution in [0.15, 0.2) is 22.8 Å². The van der Waals surface area contributed by atoms with Crippen molar-refractivity contribution in [1.29, 1.82) is 0 Å². The standard InChI is InChI=1S/C16H24O3S/c1-4-5-8-11-15(14(2)19-3)20-13-10-7-6-9-12-16(17)18/h1,8,11H,5-7,9-10,12-13H2,2-3H3,(H,17,18)/b11-8-,15-14-. The number of rotatable bonds is 11. The molecule has 112 valence electrons. The van der Waals surface area contributed by atoms with Crippen LogP contribution in [0.1, 0.15) is 45.4 Å². The van der Waals surface area contributed by atoms with Crippen LogP contribution in [0.5, 0.6) is 0 Å². The molecule has 0 amide bonds. The highest BCUT2D eigenvalue weighted by Crippen LogP contribution is 2.23. The normalized spacial score (nSPS) is 12.1. The molecule has 0 saturated carbocycles. The highest BCUT2D eigenvalue weighted by molar-refractivity contribution is 8.03. The molecule has 1 N–H and O–H groups in total. The molecule has 0 spiro atoms. The van der Waals surface area contributed by atoms with Crippen LogP contribution in [0, 0.1) is 12.3 Å². The van der Waals surface area contributed by atoms with E-state index in [4.69, 9.17) is 16.3 Å². The van der Waals surface area contributed by atoms with Crippen LogP contribution in [0.25, 0.3) is 0 Å². The zero-order valence-electron chi connectivity index (χ0n) is 12.4. The second kappa shape index (κ2) is 12.7. The van der Waals surface area contributed by atoms with Gasteiger partial charge in [-0.25, -0.2) is 0 Å². The number of unbranched alkanes of at least 4 members (excludes halogenated alkanes) is 3. The van der Waals surface area contributed by atoms with Crippen molar-refractivity contribution in [1.82, 2.24) is 0 Å². The van der Waals surface area contributed by atoms with Gasteiger partial charge in [0.2, 0.25) is 0 Å². The number of thioether (sulfide) groups is 1. The number of hydrogen-bond acceptors (Lipinski definition) is 3. The quantitative estimate of drug-likeness (QED) is 0.268. The third kappa shape index (κ3) is 10.6. The summed E-state index contributed by atoms with van der Waals surface area (Å²) in [7, 11) is 1.66. The Kier molecular flexibility index (Phi) is 11.8. The Morgan fingerprint density at radius 3 is 2.65 bits per heavy atom. The Morgan fingerprint density at radius 1 is 1.35 bits per heavy atom. The van der Waals surface area contributed by atoms with Gasteiger partial charge in [-0.1, -0.05) is 18.9 Å². The van der Waals surface area contributed by atoms with Crippen molar-refractivity contribution in [3.05, 3.63) is 22.8 Å². The second-order valence-electron chi connectivity index (χ2n) is 4.34. The number of carboxylic acid groups (broad SMARTS) is 1. The van der Waals surface area contributed by atoms with Crippen molar-refractivity contribution < 1.29 is 14.6 Å². The molecule has 4 heteroatoms. The van der Waals surface area contributed by atoms with Crippen LogP contribution in [-0.2, 0) is 9.53 Å². The average Bonchev–Trinajstić information content (AvgIpc) is 2.43. The third-order valence-electron chi connectivity index (χ3n) is 2.70. The Morgan fingerprint density at radius 2 is 2.05 bits per heavy atom. The molecule has 0 aliphatic heterocycles. The smallest absolute Gasteiger partial charge is 0.303 e. The van der Waals surface area contributed by atoms with Crippen molar-refractivity contribution in [2.24, 2.45) is 0 Å². The fourth-order valence-electron chi connectivity index (χ4n) is 1.52. The third-order valence-corrected chi connectivity index (χ3v) is 3.93. The van der Waals surface area contributed by atoms with E-state index >= 15 is 0 Å². The van der Waals surface area contributed by atoms with Gasteiger partial charge in [0.05, 0.1) is 7.11 Å². The monoisotopic (exact) mass is 296 g/mol. The lowest BCUT2D eigenvalue weighted by Crippen LogP contribution is -1.94. The number of ether oxygens (including phenoxy) is 1. The van der Waals surface area contributed by atoms with E-state index in [9.17, 15) is 4.79 Å². The topological polar surface area (TPSA) is 46.5 Å². The molecular weight excluding hydrogens is 272 g/mol. The Hall–Kier alpha value is -1.34. The van der Waals surface area contributed by atoms with Crippen LogP contribution in [0.2, 0.25) is 0 Å². The molecule has 3 nitrogen and oxygen atoms in total. The maximum Gasteiger partial charge on any atom is 0.303 e. The van der Waals surface area contributed by atoms with Gasteiger partial charge in [0.25, 0.3) is 0 Å². The van der Waals surface area contributed by atoms with E-state index in [1.807, 2.05) is 19.1 Å². The maximum absolute atomic E-state index is 10.4. The molecule has 0 aromatic heterocycles. The molecule has 0 aromatic carbocycles. The van der Waals surface area contributed by atoms with Crippen molar-refractivity contribution in [2.75, 3.05) is 12.9 Å². The molecule has 0 radical (unpaired) electrons. The number of methoxy groups -OCH3 is 1. The number of hydrogen-bond donors (Lipinski definition) is 1. The minimum Gasteiger partial charge on any atom is -0.500 e. The van der Waals surface area contributed by atoms with Crippen molar-refractivity contribution in [3.63, 3.8) is 0 Å². The van der Waals surface area contributed by atoms with Crippen LogP contribution >= 0.6 is 11.8 Å². The Bertz CT molecular complexity index is 378. The van der Waals surface area contributed by atoms with Gasteiger partial charge in [0.1, 0.15) is 5.76 Å². The summed E-state index contributed by atoms with van der Waals surface area (Å²) in [5, 5.41) is 8.53. The summed E-state index contributed by atoms with van der Waals surface area (Å²) < 4.78 is 5.26. The summed E-state index contributed by atoms with van der Waals surface area (Å²) in [5.41, 5.74) is 0. The molecular formula is C16H24O3S. The molecule has 0 heterocycles. The predicted octanol–water partition coefficient (Wildman–Crippen LogP) is 4.21. The lowest BCUT2D eigenvalue weighted by Gasteiger charge is -2.07. The molecule has 0 saturated heterocycles. The molecule has 20 heavy (non-hydrogen) atoms. The molecule has 0 rings (SSSR count). The lowest BCUT2D eigenvalue weighted by atomic mass is 10.2. The van der Waals surface area contributed by atoms with E-state index < -0.39 is 5.97 Å². The van der Waals surface area contributed by atoms with Crippen LogP contribution in [0.4, 0.5) is 0 Å². The van der Waals surface area contributed by atoms with Crippen molar-refractivity contribution in [2.45, 2.75) is 45.4 Å². The van der Waals surface area contributed by atoms with Crippen molar-refractivity contribution >= 4 is 17.7 Å². The van der Waals surface area contributed by atoms with Crippen LogP contribution in [0.3, 0.4) is 0 Å². The SMILES string of the molecule is C#CC/C=C\C(SCCCCCCC(=O)O)=C(/C)OC. The minimum atomic E-state index is -0.709. The summed E-state index contributed by atoms with van der Waals surface area (Å²) in [5.74, 6) is 3.76. The lowest BCUT2D eigenvalue weighted by molar-refractivity contribution is -0.137. The second-order valence-corrected chi connectivity index (χ2v) is 5.48. The number of aliphatic carboxylic acids is 1. The molecule has 0 aliphatic carbocycles. The summed E-state index contributed by atoms with van der Waals surface area (Å²) >= 11 is 1.75. The number of carbonyl (C=O) groups is 1. The Labute approximate surface area is 126 Å². The molecule has 0 aliphatic rings. The number of terminal acetylenes is 1. The first-order chi connectivity index (χ1) is 9.61. The zero-order chi connectivity index (χ0) is 15.2. The first-order valence-corrected chi connectivity index (χ1v) is 7.79. The van der Waals surface area contributed by atoms with Crippen LogP contribution < -0.4 is 0 Å². The predicted molar refractivity (Wildman–Crippen MR) is 85.5 cm³/mol. The van der Waals surface area contributed by atoms with Gasteiger partial charge in [0.15, 0.2) is 0 Å². The summed E-state index contributed by atoms with van der Waals surface area (Å²) in [4.78, 5) is 11.5. The van der Waals surface area contributed by atoms with Crippen LogP contribution in [-0.4, -0.2) is 23.9 Å². The molecule has 0 atom stereocenters. The van der Waals surface area contributed by atoms with Gasteiger partial charge >= 0.3 is 5.97 Å². The van der Waals surface area contributed by atoms with Gasteiger partial charge < -0.3 is 9.84 Å². The van der Waals surface area contributed by atoms with Gasteiger partial charge in [-0.2, -0.15) is 0 Å². The fraction of sp³-hybridized carbons (Fsp3) is 0.562. The van der Waals surface area contributed by atoms with Gasteiger partial charge in [-0.05, 0) is 31.6 Å². The number of allylic oxidation sites excluding steroid dienone is 3. The van der Waals surface area contributed by atoms with E-state index in [0.29, 0.717) is 6.42 Å². The van der Waals surface area contributed by atoms with Crippen molar-refractivity contribution in [3.8, 4) is 12.3 Å². The van der Waals surface area contributed by atoms with Gasteiger partial charge in [-0.3, -0.25) is 4.79 Å². The summed E-state index contributed by atoms with van der Waals surface area (Å²) in [6, 6.07) is 0. The van der Waals surface area contributed by atoms with E-state index in [2.05, 4.69) is 5.92 Å². The summed E-state index contributed by atoms with van der Waals surface area (Å²) in [6.07, 6.45) is 14.0. The van der Waals surface area contributed by atoms with E-state index in [1.165, 1.54) is 0 Å². The van der Waals surface area contributed by atoms with E-state index in [0.717, 1.165) is 42.1 Å². The average molecular weight is 296 g/mol. The number of carboxylic acids is 1. The molecule has 0 bridgehead atoms. The fourth-order valence-corrected chi connectivity index (χ4v) is 2.56. The first kappa shape index (κ1) is 18.7. The van der Waals surface area contributed by atoms with E-state index in [1.54, 1.807) is 18.9 Å². The Balaban J connectivity index is 3.93. The minimum absolute atomic E-state index is 0.274. The maximum atomic E-state index is 10.4. The largest absolute Gasteiger partial charge is 0.500 e.